The highest BCUT2D eigenvalue weighted by Crippen LogP contribution is 1.57. The second-order valence-electron chi connectivity index (χ2n) is 1.23. The Morgan fingerprint density at radius 2 is 2.44 bits per heavy atom. The molecule has 6 heteroatoms. The van der Waals surface area contributed by atoms with Gasteiger partial charge in [0, 0.05) is 0 Å². The van der Waals surface area contributed by atoms with Crippen LogP contribution in [-0.4, -0.2) is 18.8 Å². The Balaban J connectivity index is 3.36. The summed E-state index contributed by atoms with van der Waals surface area (Å²) in [7, 11) is 0. The Morgan fingerprint density at radius 3 is 2.89 bits per heavy atom. The molecule has 0 heterocycles. The number of rotatable bonds is 4. The molecular formula is C3H9N5O. The van der Waals surface area contributed by atoms with E-state index in [9.17, 15) is 4.79 Å². The summed E-state index contributed by atoms with van der Waals surface area (Å²) in [6, 6.07) is 0. The maximum absolute atomic E-state index is 9.64. The van der Waals surface area contributed by atoms with E-state index >= 15 is 0 Å². The highest BCUT2D eigenvalue weighted by atomic mass is 16.1. The van der Waals surface area contributed by atoms with E-state index in [0.29, 0.717) is 6.41 Å². The van der Waals surface area contributed by atoms with Crippen LogP contribution >= 0.6 is 0 Å². The van der Waals surface area contributed by atoms with Crippen LogP contribution in [0, 0.1) is 0 Å². The number of hydrogen-bond acceptors (Lipinski definition) is 4. The summed E-state index contributed by atoms with van der Waals surface area (Å²) in [6.07, 6.45) is 0.527. The molecule has 0 aliphatic heterocycles. The van der Waals surface area contributed by atoms with Gasteiger partial charge in [-0.05, 0) is 0 Å². The van der Waals surface area contributed by atoms with Crippen molar-refractivity contribution in [2.75, 3.05) is 6.54 Å². The van der Waals surface area contributed by atoms with E-state index in [0.717, 1.165) is 0 Å². The average Bonchev–Trinajstić information content (AvgIpc) is 1.85. The van der Waals surface area contributed by atoms with Crippen molar-refractivity contribution in [1.82, 2.24) is 10.9 Å². The quantitative estimate of drug-likeness (QED) is 0.111. The molecule has 52 valence electrons. The number of nitrogens with two attached hydrogens (primary N) is 2. The maximum Gasteiger partial charge on any atom is 0.207 e. The molecule has 0 fully saturated rings. The van der Waals surface area contributed by atoms with Gasteiger partial charge in [-0.15, -0.1) is 0 Å². The minimum absolute atomic E-state index is 0.202. The van der Waals surface area contributed by atoms with Crippen molar-refractivity contribution >= 4 is 12.2 Å². The lowest BCUT2D eigenvalue weighted by Gasteiger charge is -1.95. The van der Waals surface area contributed by atoms with Crippen molar-refractivity contribution in [1.29, 1.82) is 0 Å². The van der Waals surface area contributed by atoms with Gasteiger partial charge >= 0.3 is 0 Å². The Labute approximate surface area is 52.2 Å². The second kappa shape index (κ2) is 4.85. The molecule has 0 radical (unpaired) electrons. The Hall–Kier alpha value is -1.30. The number of hydrazine groups is 1. The third-order valence-corrected chi connectivity index (χ3v) is 0.575. The van der Waals surface area contributed by atoms with Crippen LogP contribution in [-0.2, 0) is 4.79 Å². The van der Waals surface area contributed by atoms with Crippen LogP contribution in [0.2, 0.25) is 0 Å². The van der Waals surface area contributed by atoms with Gasteiger partial charge in [-0.3, -0.25) is 4.79 Å². The van der Waals surface area contributed by atoms with Crippen molar-refractivity contribution in [3.63, 3.8) is 0 Å². The molecule has 0 saturated carbocycles. The average molecular weight is 131 g/mol. The topological polar surface area (TPSA) is 106 Å². The predicted octanol–water partition coefficient (Wildman–Crippen LogP) is -2.53. The lowest BCUT2D eigenvalue weighted by Crippen LogP contribution is -2.31. The summed E-state index contributed by atoms with van der Waals surface area (Å²) < 4.78 is 0. The monoisotopic (exact) mass is 131 g/mol. The van der Waals surface area contributed by atoms with E-state index in [4.69, 9.17) is 11.6 Å². The molecule has 0 aromatic carbocycles. The Kier molecular flexibility index (Phi) is 4.15. The number of nitrogens with zero attached hydrogens (tertiary/aromatic N) is 1. The number of hydrazone groups is 1. The first-order valence-electron chi connectivity index (χ1n) is 2.26. The van der Waals surface area contributed by atoms with Gasteiger partial charge in [0.25, 0.3) is 0 Å². The fraction of sp³-hybridized carbons (Fsp3) is 0.333. The lowest BCUT2D eigenvalue weighted by atomic mass is 10.6. The molecule has 0 bridgehead atoms. The summed E-state index contributed by atoms with van der Waals surface area (Å²) in [5.41, 5.74) is 7.14. The smallest absolute Gasteiger partial charge is 0.207 e. The van der Waals surface area contributed by atoms with Crippen molar-refractivity contribution in [2.24, 2.45) is 16.7 Å². The van der Waals surface area contributed by atoms with Gasteiger partial charge in [0.1, 0.15) is 5.84 Å². The van der Waals surface area contributed by atoms with Crippen LogP contribution in [0.4, 0.5) is 0 Å². The van der Waals surface area contributed by atoms with Crippen molar-refractivity contribution in [3.8, 4) is 0 Å². The minimum atomic E-state index is 0.202. The summed E-state index contributed by atoms with van der Waals surface area (Å²) in [5.74, 6) is 4.99. The zero-order valence-corrected chi connectivity index (χ0v) is 4.79. The molecule has 0 aromatic heterocycles. The van der Waals surface area contributed by atoms with Crippen molar-refractivity contribution in [3.05, 3.63) is 0 Å². The molecule has 1 amide bonds. The number of carbonyl (C=O) groups excluding carboxylic acids is 1. The predicted molar refractivity (Wildman–Crippen MR) is 33.0 cm³/mol. The number of amides is 1. The number of hydrogen-bond donors (Lipinski definition) is 4. The van der Waals surface area contributed by atoms with Crippen molar-refractivity contribution < 1.29 is 4.79 Å². The van der Waals surface area contributed by atoms with E-state index in [1.807, 2.05) is 5.53 Å². The van der Waals surface area contributed by atoms with Gasteiger partial charge in [0.15, 0.2) is 0 Å². The van der Waals surface area contributed by atoms with Crippen LogP contribution in [0.1, 0.15) is 0 Å². The van der Waals surface area contributed by atoms with Gasteiger partial charge in [0.2, 0.25) is 6.41 Å². The normalized spacial score (nSPS) is 10.6. The van der Waals surface area contributed by atoms with Gasteiger partial charge in [-0.1, -0.05) is 0 Å². The van der Waals surface area contributed by atoms with Crippen LogP contribution in [0.25, 0.3) is 0 Å². The number of nitrogens with one attached hydrogen (secondary N) is 2. The SMILES string of the molecule is NN/N=C(\N)CNC=O. The molecule has 6 nitrogen and oxygen atoms in total. The third-order valence-electron chi connectivity index (χ3n) is 0.575. The zero-order valence-electron chi connectivity index (χ0n) is 4.79. The molecule has 0 aliphatic carbocycles. The lowest BCUT2D eigenvalue weighted by molar-refractivity contribution is -0.109. The second-order valence-corrected chi connectivity index (χ2v) is 1.23. The van der Waals surface area contributed by atoms with Gasteiger partial charge in [-0.25, -0.2) is 11.4 Å². The summed E-state index contributed by atoms with van der Waals surface area (Å²) in [4.78, 5) is 9.64. The number of carbonyl (C=O) groups is 1. The third kappa shape index (κ3) is 4.56. The van der Waals surface area contributed by atoms with Crippen LogP contribution in [0.5, 0.6) is 0 Å². The first kappa shape index (κ1) is 7.70. The molecule has 0 aromatic rings. The molecular weight excluding hydrogens is 122 g/mol. The Bertz CT molecular complexity index is 111. The molecule has 0 unspecified atom stereocenters. The molecule has 0 rings (SSSR count). The van der Waals surface area contributed by atoms with E-state index in [1.54, 1.807) is 0 Å². The summed E-state index contributed by atoms with van der Waals surface area (Å²) in [6.45, 7) is 0.202. The van der Waals surface area contributed by atoms with E-state index in [1.165, 1.54) is 0 Å². The van der Waals surface area contributed by atoms with Crippen LogP contribution in [0.15, 0.2) is 5.10 Å². The first-order valence-corrected chi connectivity index (χ1v) is 2.26. The number of amidine groups is 1. The Morgan fingerprint density at radius 1 is 1.78 bits per heavy atom. The molecule has 0 aliphatic rings. The fourth-order valence-electron chi connectivity index (χ4n) is 0.269. The fourth-order valence-corrected chi connectivity index (χ4v) is 0.269. The maximum atomic E-state index is 9.64. The molecule has 0 spiro atoms. The largest absolute Gasteiger partial charge is 0.384 e. The van der Waals surface area contributed by atoms with Gasteiger partial charge < -0.3 is 11.1 Å². The molecule has 0 saturated heterocycles. The standard InChI is InChI=1S/C3H9N5O/c4-3(7-8-5)1-6-2-9/h2,8H,1,5H2,(H2,4,7)(H,6,9). The van der Waals surface area contributed by atoms with E-state index in [2.05, 4.69) is 10.4 Å². The molecule has 0 atom stereocenters. The van der Waals surface area contributed by atoms with Crippen LogP contribution in [0.3, 0.4) is 0 Å². The van der Waals surface area contributed by atoms with Gasteiger partial charge in [0.05, 0.1) is 6.54 Å². The molecule has 6 N–H and O–H groups in total. The first-order chi connectivity index (χ1) is 4.31. The highest BCUT2D eigenvalue weighted by molar-refractivity contribution is 5.83. The van der Waals surface area contributed by atoms with E-state index < -0.39 is 0 Å². The summed E-state index contributed by atoms with van der Waals surface area (Å²) in [5, 5.41) is 5.66. The summed E-state index contributed by atoms with van der Waals surface area (Å²) >= 11 is 0. The van der Waals surface area contributed by atoms with Crippen LogP contribution < -0.4 is 22.4 Å². The minimum Gasteiger partial charge on any atom is -0.384 e. The zero-order chi connectivity index (χ0) is 7.11. The van der Waals surface area contributed by atoms with E-state index in [-0.39, 0.29) is 12.4 Å². The highest BCUT2D eigenvalue weighted by Gasteiger charge is 1.86. The van der Waals surface area contributed by atoms with Gasteiger partial charge in [-0.2, -0.15) is 5.10 Å². The van der Waals surface area contributed by atoms with Crippen molar-refractivity contribution in [2.45, 2.75) is 0 Å². The molecule has 9 heavy (non-hydrogen) atoms.